The quantitative estimate of drug-likeness (QED) is 0.739. The van der Waals surface area contributed by atoms with Crippen molar-refractivity contribution in [3.63, 3.8) is 0 Å². The summed E-state index contributed by atoms with van der Waals surface area (Å²) in [5.41, 5.74) is 0.915. The van der Waals surface area contributed by atoms with Gasteiger partial charge in [0.25, 0.3) is 5.56 Å². The van der Waals surface area contributed by atoms with Crippen LogP contribution < -0.4 is 5.56 Å². The van der Waals surface area contributed by atoms with E-state index in [2.05, 4.69) is 11.0 Å². The zero-order valence-corrected chi connectivity index (χ0v) is 13.8. The molecule has 1 fully saturated rings. The van der Waals surface area contributed by atoms with E-state index in [9.17, 15) is 4.79 Å². The molecule has 0 unspecified atom stereocenters. The highest BCUT2D eigenvalue weighted by atomic mass is 32.1. The van der Waals surface area contributed by atoms with E-state index in [1.54, 1.807) is 16.0 Å². The van der Waals surface area contributed by atoms with E-state index >= 15 is 0 Å². The van der Waals surface area contributed by atoms with Gasteiger partial charge in [0.05, 0.1) is 16.9 Å². The van der Waals surface area contributed by atoms with E-state index in [-0.39, 0.29) is 5.56 Å². The van der Waals surface area contributed by atoms with Crippen LogP contribution in [0.1, 0.15) is 19.3 Å². The number of benzene rings is 1. The van der Waals surface area contributed by atoms with Crippen molar-refractivity contribution in [2.45, 2.75) is 25.9 Å². The maximum absolute atomic E-state index is 12.8. The molecular formula is C18H19N3OS. The molecule has 0 atom stereocenters. The van der Waals surface area contributed by atoms with Gasteiger partial charge in [-0.05, 0) is 43.4 Å². The highest BCUT2D eigenvalue weighted by Crippen LogP contribution is 2.28. The minimum Gasteiger partial charge on any atom is -0.284 e. The lowest BCUT2D eigenvalue weighted by molar-refractivity contribution is 0.170. The van der Waals surface area contributed by atoms with Crippen molar-refractivity contribution in [2.75, 3.05) is 13.1 Å². The molecule has 0 saturated carbocycles. The number of rotatable bonds is 3. The Morgan fingerprint density at radius 2 is 1.78 bits per heavy atom. The summed E-state index contributed by atoms with van der Waals surface area (Å²) in [5, 5.41) is 8.45. The Bertz CT molecular complexity index is 864. The molecule has 1 aliphatic rings. The second-order valence-electron chi connectivity index (χ2n) is 6.00. The summed E-state index contributed by atoms with van der Waals surface area (Å²) in [5.74, 6) is 0. The highest BCUT2D eigenvalue weighted by molar-refractivity contribution is 7.13. The lowest BCUT2D eigenvalue weighted by Gasteiger charge is -2.26. The van der Waals surface area contributed by atoms with E-state index < -0.39 is 0 Å². The zero-order chi connectivity index (χ0) is 15.6. The van der Waals surface area contributed by atoms with Gasteiger partial charge in [0.2, 0.25) is 0 Å². The van der Waals surface area contributed by atoms with Crippen molar-refractivity contribution in [1.82, 2.24) is 14.7 Å². The first-order chi connectivity index (χ1) is 11.3. The van der Waals surface area contributed by atoms with Crippen molar-refractivity contribution in [3.05, 3.63) is 52.1 Å². The fraction of sp³-hybridized carbons (Fsp3) is 0.333. The fourth-order valence-electron chi connectivity index (χ4n) is 3.22. The van der Waals surface area contributed by atoms with Crippen LogP contribution in [0.5, 0.6) is 0 Å². The third-order valence-electron chi connectivity index (χ3n) is 4.40. The van der Waals surface area contributed by atoms with Gasteiger partial charge >= 0.3 is 0 Å². The third kappa shape index (κ3) is 2.82. The van der Waals surface area contributed by atoms with Crippen molar-refractivity contribution in [3.8, 4) is 10.6 Å². The predicted octanol–water partition coefficient (Wildman–Crippen LogP) is 3.57. The number of hydrogen-bond donors (Lipinski definition) is 0. The predicted molar refractivity (Wildman–Crippen MR) is 94.7 cm³/mol. The van der Waals surface area contributed by atoms with Crippen LogP contribution >= 0.6 is 11.3 Å². The number of piperidine rings is 1. The van der Waals surface area contributed by atoms with E-state index in [1.165, 1.54) is 19.3 Å². The molecule has 0 spiro atoms. The van der Waals surface area contributed by atoms with Crippen molar-refractivity contribution >= 4 is 22.1 Å². The lowest BCUT2D eigenvalue weighted by Crippen LogP contribution is -2.37. The molecule has 0 N–H and O–H groups in total. The maximum atomic E-state index is 12.8. The molecule has 1 aromatic carbocycles. The van der Waals surface area contributed by atoms with Crippen LogP contribution in [0.2, 0.25) is 0 Å². The van der Waals surface area contributed by atoms with Crippen LogP contribution in [0.4, 0.5) is 0 Å². The molecule has 1 aliphatic heterocycles. The Morgan fingerprint density at radius 3 is 2.52 bits per heavy atom. The van der Waals surface area contributed by atoms with Crippen LogP contribution in [0.3, 0.4) is 0 Å². The van der Waals surface area contributed by atoms with Gasteiger partial charge in [-0.1, -0.05) is 30.7 Å². The number of nitrogens with zero attached hydrogens (tertiary/aromatic N) is 3. The minimum atomic E-state index is 0.00600. The van der Waals surface area contributed by atoms with Gasteiger partial charge in [-0.15, -0.1) is 11.3 Å². The molecule has 4 nitrogen and oxygen atoms in total. The molecule has 23 heavy (non-hydrogen) atoms. The third-order valence-corrected chi connectivity index (χ3v) is 5.28. The molecule has 0 radical (unpaired) electrons. The molecule has 2 aromatic heterocycles. The van der Waals surface area contributed by atoms with Crippen LogP contribution in [0, 0.1) is 0 Å². The van der Waals surface area contributed by atoms with Crippen molar-refractivity contribution < 1.29 is 0 Å². The molecule has 0 amide bonds. The smallest absolute Gasteiger partial charge is 0.275 e. The maximum Gasteiger partial charge on any atom is 0.275 e. The first-order valence-electron chi connectivity index (χ1n) is 8.09. The highest BCUT2D eigenvalue weighted by Gasteiger charge is 2.16. The summed E-state index contributed by atoms with van der Waals surface area (Å²) in [6.45, 7) is 2.69. The number of likely N-dealkylation sites (tertiary alicyclic amines) is 1. The van der Waals surface area contributed by atoms with Gasteiger partial charge < -0.3 is 0 Å². The molecule has 3 aromatic rings. The van der Waals surface area contributed by atoms with Crippen molar-refractivity contribution in [1.29, 1.82) is 0 Å². The molecule has 0 aliphatic carbocycles. The summed E-state index contributed by atoms with van der Waals surface area (Å²) in [6, 6.07) is 11.9. The Morgan fingerprint density at radius 1 is 1.00 bits per heavy atom. The van der Waals surface area contributed by atoms with Gasteiger partial charge in [0, 0.05) is 5.39 Å². The van der Waals surface area contributed by atoms with Crippen LogP contribution in [0.25, 0.3) is 21.3 Å². The van der Waals surface area contributed by atoms with E-state index in [1.807, 2.05) is 35.7 Å². The molecule has 0 bridgehead atoms. The average molecular weight is 325 g/mol. The molecule has 5 heteroatoms. The first kappa shape index (κ1) is 14.6. The SMILES string of the molecule is O=c1c2ccccc2c(-c2cccs2)nn1CN1CCCCC1. The second-order valence-corrected chi connectivity index (χ2v) is 6.94. The Labute approximate surface area is 139 Å². The van der Waals surface area contributed by atoms with Crippen LogP contribution in [0.15, 0.2) is 46.6 Å². The average Bonchev–Trinajstić information content (AvgIpc) is 3.13. The minimum absolute atomic E-state index is 0.00600. The molecule has 4 rings (SSSR count). The fourth-order valence-corrected chi connectivity index (χ4v) is 3.94. The zero-order valence-electron chi connectivity index (χ0n) is 12.9. The first-order valence-corrected chi connectivity index (χ1v) is 8.97. The second kappa shape index (κ2) is 6.26. The molecule has 1 saturated heterocycles. The van der Waals surface area contributed by atoms with E-state index in [0.29, 0.717) is 6.67 Å². The van der Waals surface area contributed by atoms with E-state index in [0.717, 1.165) is 34.4 Å². The largest absolute Gasteiger partial charge is 0.284 e. The normalized spacial score (nSPS) is 16.0. The Balaban J connectivity index is 1.84. The lowest BCUT2D eigenvalue weighted by atomic mass is 10.1. The molecule has 3 heterocycles. The summed E-state index contributed by atoms with van der Waals surface area (Å²) < 4.78 is 1.64. The standard InChI is InChI=1S/C18H19N3OS/c22-18-15-8-3-2-7-14(15)17(16-9-6-12-23-16)19-21(18)13-20-10-4-1-5-11-20/h2-3,6-9,12H,1,4-5,10-11,13H2. The molecule has 118 valence electrons. The van der Waals surface area contributed by atoms with Crippen LogP contribution in [-0.4, -0.2) is 27.8 Å². The summed E-state index contributed by atoms with van der Waals surface area (Å²) in [7, 11) is 0. The molecular weight excluding hydrogens is 306 g/mol. The Kier molecular flexibility index (Phi) is 3.97. The summed E-state index contributed by atoms with van der Waals surface area (Å²) in [6.07, 6.45) is 3.71. The summed E-state index contributed by atoms with van der Waals surface area (Å²) >= 11 is 1.66. The summed E-state index contributed by atoms with van der Waals surface area (Å²) in [4.78, 5) is 16.2. The topological polar surface area (TPSA) is 38.1 Å². The van der Waals surface area contributed by atoms with Gasteiger partial charge in [0.15, 0.2) is 0 Å². The number of hydrogen-bond acceptors (Lipinski definition) is 4. The number of aromatic nitrogens is 2. The van der Waals surface area contributed by atoms with Gasteiger partial charge in [-0.25, -0.2) is 4.68 Å². The number of thiophene rings is 1. The van der Waals surface area contributed by atoms with Crippen LogP contribution in [-0.2, 0) is 6.67 Å². The van der Waals surface area contributed by atoms with Gasteiger partial charge in [-0.3, -0.25) is 9.69 Å². The monoisotopic (exact) mass is 325 g/mol. The Hall–Kier alpha value is -1.98. The van der Waals surface area contributed by atoms with Gasteiger partial charge in [-0.2, -0.15) is 5.10 Å². The number of fused-ring (bicyclic) bond motifs is 1. The van der Waals surface area contributed by atoms with Crippen molar-refractivity contribution in [2.24, 2.45) is 0 Å². The van der Waals surface area contributed by atoms with E-state index in [4.69, 9.17) is 5.10 Å². The van der Waals surface area contributed by atoms with Gasteiger partial charge in [0.1, 0.15) is 5.69 Å².